The maximum absolute atomic E-state index is 9.40. The molecule has 1 unspecified atom stereocenters. The Morgan fingerprint density at radius 1 is 1.56 bits per heavy atom. The molecule has 0 aliphatic carbocycles. The maximum Gasteiger partial charge on any atom is 0.138 e. The minimum atomic E-state index is -0.513. The molecule has 1 N–H and O–H groups in total. The Bertz CT molecular complexity index is 359. The molecular formula is C12H15ClO3. The van der Waals surface area contributed by atoms with Gasteiger partial charge in [0.15, 0.2) is 0 Å². The van der Waals surface area contributed by atoms with E-state index in [1.165, 1.54) is 0 Å². The lowest BCUT2D eigenvalue weighted by Crippen LogP contribution is -2.15. The molecule has 4 heteroatoms. The Morgan fingerprint density at radius 2 is 2.38 bits per heavy atom. The van der Waals surface area contributed by atoms with Crippen LogP contribution in [0.25, 0.3) is 0 Å². The number of rotatable bonds is 3. The lowest BCUT2D eigenvalue weighted by molar-refractivity contribution is 0.141. The molecular weight excluding hydrogens is 228 g/mol. The Morgan fingerprint density at radius 3 is 2.94 bits per heavy atom. The third-order valence-corrected chi connectivity index (χ3v) is 2.92. The Balaban J connectivity index is 2.09. The number of aliphatic hydroxyl groups excluding tert-OH is 1. The van der Waals surface area contributed by atoms with E-state index in [-0.39, 0.29) is 6.10 Å². The number of ether oxygens (including phenoxy) is 2. The SMILES string of the molecule is C[C@@H](O)c1ccc(OC2CCOC2)c(Cl)c1. The van der Waals surface area contributed by atoms with Gasteiger partial charge in [-0.1, -0.05) is 17.7 Å². The second-order valence-corrected chi connectivity index (χ2v) is 4.38. The van der Waals surface area contributed by atoms with Crippen molar-refractivity contribution >= 4 is 11.6 Å². The van der Waals surface area contributed by atoms with Crippen LogP contribution in [0.3, 0.4) is 0 Å². The van der Waals surface area contributed by atoms with Crippen LogP contribution in [-0.4, -0.2) is 24.4 Å². The minimum Gasteiger partial charge on any atom is -0.486 e. The number of aliphatic hydroxyl groups is 1. The van der Waals surface area contributed by atoms with E-state index in [2.05, 4.69) is 0 Å². The molecule has 0 radical (unpaired) electrons. The normalized spacial score (nSPS) is 22.1. The van der Waals surface area contributed by atoms with Crippen molar-refractivity contribution in [3.63, 3.8) is 0 Å². The summed E-state index contributed by atoms with van der Waals surface area (Å²) in [5, 5.41) is 9.94. The summed E-state index contributed by atoms with van der Waals surface area (Å²) in [5.41, 5.74) is 0.792. The topological polar surface area (TPSA) is 38.7 Å². The van der Waals surface area contributed by atoms with Crippen molar-refractivity contribution in [2.45, 2.75) is 25.6 Å². The number of benzene rings is 1. The molecule has 16 heavy (non-hydrogen) atoms. The van der Waals surface area contributed by atoms with Gasteiger partial charge in [0.1, 0.15) is 11.9 Å². The van der Waals surface area contributed by atoms with Gasteiger partial charge < -0.3 is 14.6 Å². The highest BCUT2D eigenvalue weighted by atomic mass is 35.5. The average molecular weight is 243 g/mol. The zero-order chi connectivity index (χ0) is 11.5. The molecule has 0 amide bonds. The molecule has 0 aromatic heterocycles. The zero-order valence-electron chi connectivity index (χ0n) is 9.15. The van der Waals surface area contributed by atoms with E-state index in [9.17, 15) is 5.11 Å². The third kappa shape index (κ3) is 2.67. The van der Waals surface area contributed by atoms with Crippen molar-refractivity contribution in [3.8, 4) is 5.75 Å². The summed E-state index contributed by atoms with van der Waals surface area (Å²) in [4.78, 5) is 0. The highest BCUT2D eigenvalue weighted by Gasteiger charge is 2.18. The van der Waals surface area contributed by atoms with Gasteiger partial charge in [0, 0.05) is 6.42 Å². The van der Waals surface area contributed by atoms with E-state index in [4.69, 9.17) is 21.1 Å². The first kappa shape index (κ1) is 11.7. The van der Waals surface area contributed by atoms with E-state index >= 15 is 0 Å². The zero-order valence-corrected chi connectivity index (χ0v) is 9.91. The van der Waals surface area contributed by atoms with Gasteiger partial charge in [-0.05, 0) is 24.6 Å². The summed E-state index contributed by atoms with van der Waals surface area (Å²) in [5.74, 6) is 0.654. The molecule has 2 rings (SSSR count). The van der Waals surface area contributed by atoms with Gasteiger partial charge in [0.2, 0.25) is 0 Å². The molecule has 2 atom stereocenters. The molecule has 3 nitrogen and oxygen atoms in total. The monoisotopic (exact) mass is 242 g/mol. The van der Waals surface area contributed by atoms with E-state index in [0.29, 0.717) is 17.4 Å². The first-order valence-corrected chi connectivity index (χ1v) is 5.76. The fourth-order valence-corrected chi connectivity index (χ4v) is 1.89. The smallest absolute Gasteiger partial charge is 0.138 e. The summed E-state index contributed by atoms with van der Waals surface area (Å²) < 4.78 is 10.9. The van der Waals surface area contributed by atoms with Gasteiger partial charge in [-0.3, -0.25) is 0 Å². The van der Waals surface area contributed by atoms with Gasteiger partial charge in [-0.15, -0.1) is 0 Å². The second-order valence-electron chi connectivity index (χ2n) is 3.97. The summed E-state index contributed by atoms with van der Waals surface area (Å²) in [7, 11) is 0. The number of halogens is 1. The van der Waals surface area contributed by atoms with E-state index in [0.717, 1.165) is 18.6 Å². The molecule has 88 valence electrons. The molecule has 0 saturated carbocycles. The molecule has 1 aliphatic heterocycles. The van der Waals surface area contributed by atoms with Crippen LogP contribution in [0.4, 0.5) is 0 Å². The largest absolute Gasteiger partial charge is 0.486 e. The van der Waals surface area contributed by atoms with Crippen molar-refractivity contribution in [1.82, 2.24) is 0 Å². The van der Waals surface area contributed by atoms with Crippen molar-refractivity contribution in [1.29, 1.82) is 0 Å². The van der Waals surface area contributed by atoms with Gasteiger partial charge >= 0.3 is 0 Å². The lowest BCUT2D eigenvalue weighted by atomic mass is 10.1. The first-order chi connectivity index (χ1) is 7.66. The first-order valence-electron chi connectivity index (χ1n) is 5.38. The number of hydrogen-bond acceptors (Lipinski definition) is 3. The van der Waals surface area contributed by atoms with Crippen LogP contribution in [0.1, 0.15) is 25.0 Å². The molecule has 1 heterocycles. The van der Waals surface area contributed by atoms with Crippen LogP contribution in [0, 0.1) is 0 Å². The number of hydrogen-bond donors (Lipinski definition) is 1. The van der Waals surface area contributed by atoms with Crippen LogP contribution >= 0.6 is 11.6 Å². The van der Waals surface area contributed by atoms with Gasteiger partial charge in [-0.2, -0.15) is 0 Å². The third-order valence-electron chi connectivity index (χ3n) is 2.62. The summed E-state index contributed by atoms with van der Waals surface area (Å²) >= 11 is 6.07. The maximum atomic E-state index is 9.40. The molecule has 1 aliphatic rings. The molecule has 1 fully saturated rings. The van der Waals surface area contributed by atoms with Crippen LogP contribution in [0.2, 0.25) is 5.02 Å². The average Bonchev–Trinajstić information content (AvgIpc) is 2.73. The summed E-state index contributed by atoms with van der Waals surface area (Å²) in [6, 6.07) is 5.35. The lowest BCUT2D eigenvalue weighted by Gasteiger charge is -2.14. The molecule has 0 bridgehead atoms. The van der Waals surface area contributed by atoms with E-state index < -0.39 is 6.10 Å². The van der Waals surface area contributed by atoms with Crippen LogP contribution in [0.15, 0.2) is 18.2 Å². The minimum absolute atomic E-state index is 0.0925. The Kier molecular flexibility index (Phi) is 3.69. The molecule has 1 saturated heterocycles. The molecule has 1 aromatic carbocycles. The van der Waals surface area contributed by atoms with Crippen LogP contribution < -0.4 is 4.74 Å². The van der Waals surface area contributed by atoms with E-state index in [1.54, 1.807) is 19.1 Å². The van der Waals surface area contributed by atoms with Gasteiger partial charge in [-0.25, -0.2) is 0 Å². The quantitative estimate of drug-likeness (QED) is 0.886. The second kappa shape index (κ2) is 5.04. The highest BCUT2D eigenvalue weighted by molar-refractivity contribution is 6.32. The fraction of sp³-hybridized carbons (Fsp3) is 0.500. The summed E-state index contributed by atoms with van der Waals surface area (Å²) in [6.07, 6.45) is 0.477. The van der Waals surface area contributed by atoms with Crippen LogP contribution in [0.5, 0.6) is 5.75 Å². The highest BCUT2D eigenvalue weighted by Crippen LogP contribution is 2.29. The van der Waals surface area contributed by atoms with E-state index in [1.807, 2.05) is 6.07 Å². The van der Waals surface area contributed by atoms with Crippen molar-refractivity contribution in [3.05, 3.63) is 28.8 Å². The Labute approximate surface area is 99.9 Å². The molecule has 0 spiro atoms. The fourth-order valence-electron chi connectivity index (χ4n) is 1.66. The van der Waals surface area contributed by atoms with Crippen LogP contribution in [-0.2, 0) is 4.74 Å². The predicted octanol–water partition coefficient (Wildman–Crippen LogP) is 2.56. The van der Waals surface area contributed by atoms with Crippen molar-refractivity contribution < 1.29 is 14.6 Å². The standard InChI is InChI=1S/C12H15ClO3/c1-8(14)9-2-3-12(11(13)6-9)16-10-4-5-15-7-10/h2-3,6,8,10,14H,4-5,7H2,1H3/t8-,10?/m1/s1. The van der Waals surface area contributed by atoms with Crippen molar-refractivity contribution in [2.24, 2.45) is 0 Å². The van der Waals surface area contributed by atoms with Gasteiger partial charge in [0.05, 0.1) is 24.3 Å². The Hall–Kier alpha value is -0.770. The van der Waals surface area contributed by atoms with Gasteiger partial charge in [0.25, 0.3) is 0 Å². The summed E-state index contributed by atoms with van der Waals surface area (Å²) in [6.45, 7) is 3.07. The molecule has 1 aromatic rings. The predicted molar refractivity (Wildman–Crippen MR) is 61.9 cm³/mol. The van der Waals surface area contributed by atoms with Crippen molar-refractivity contribution in [2.75, 3.05) is 13.2 Å².